The summed E-state index contributed by atoms with van der Waals surface area (Å²) in [5.74, 6) is 0. The number of rotatable bonds is 13. The van der Waals surface area contributed by atoms with Crippen LogP contribution in [0.25, 0.3) is 0 Å². The lowest BCUT2D eigenvalue weighted by Crippen LogP contribution is -2.60. The minimum atomic E-state index is -0.343. The molecular weight excluding hydrogens is 390 g/mol. The van der Waals surface area contributed by atoms with Crippen LogP contribution in [0.1, 0.15) is 41.0 Å². The van der Waals surface area contributed by atoms with Crippen molar-refractivity contribution in [3.8, 4) is 0 Å². The van der Waals surface area contributed by atoms with Crippen molar-refractivity contribution < 1.29 is 0 Å². The Labute approximate surface area is 197 Å². The van der Waals surface area contributed by atoms with Gasteiger partial charge in [0.05, 0.1) is 23.0 Å². The molecule has 32 heavy (non-hydrogen) atoms. The summed E-state index contributed by atoms with van der Waals surface area (Å²) < 4.78 is 0. The quantitative estimate of drug-likeness (QED) is 0.256. The largest absolute Gasteiger partial charge is 0.372 e. The van der Waals surface area contributed by atoms with Gasteiger partial charge in [-0.2, -0.15) is 0 Å². The number of para-hydroxylation sites is 2. The fraction of sp³-hybridized carbons (Fsp3) is 0.379. The zero-order valence-electron chi connectivity index (χ0n) is 21.3. The molecule has 0 saturated heterocycles. The van der Waals surface area contributed by atoms with Gasteiger partial charge in [0.2, 0.25) is 0 Å². The van der Waals surface area contributed by atoms with Crippen LogP contribution in [0.4, 0.5) is 11.4 Å². The Balaban J connectivity index is 3.76. The molecule has 1 N–H and O–H groups in total. The van der Waals surface area contributed by atoms with E-state index in [-0.39, 0.29) is 17.0 Å². The third-order valence-corrected chi connectivity index (χ3v) is 6.85. The standard InChI is InChI=1S/C29H43N3/c1-12-19-23(6)30-25-21-17-18-22-26(25)32(11)27(24(14-3)20-13-2)28(7,8)29(9,15-4)31(10)16-5/h12-13,15-22,27,30H,1-2,4-5,14H2,3,6-11H3/b23-19+,24-20+. The molecule has 3 heteroatoms. The highest BCUT2D eigenvalue weighted by atomic mass is 15.2. The second-order valence-corrected chi connectivity index (χ2v) is 8.94. The zero-order valence-corrected chi connectivity index (χ0v) is 21.3. The van der Waals surface area contributed by atoms with Gasteiger partial charge in [0, 0.05) is 25.2 Å². The minimum absolute atomic E-state index is 0.0718. The molecule has 1 aromatic carbocycles. The van der Waals surface area contributed by atoms with Crippen LogP contribution < -0.4 is 10.2 Å². The van der Waals surface area contributed by atoms with Crippen LogP contribution >= 0.6 is 0 Å². The Kier molecular flexibility index (Phi) is 9.83. The Bertz CT molecular complexity index is 874. The lowest BCUT2D eigenvalue weighted by Gasteiger charge is -2.55. The number of nitrogens with one attached hydrogen (secondary N) is 1. The Hall–Kier alpha value is -2.94. The molecule has 0 aliphatic rings. The Morgan fingerprint density at radius 3 is 2.12 bits per heavy atom. The number of benzene rings is 1. The maximum Gasteiger partial charge on any atom is 0.0619 e. The van der Waals surface area contributed by atoms with Crippen molar-refractivity contribution in [1.29, 1.82) is 0 Å². The van der Waals surface area contributed by atoms with Gasteiger partial charge in [-0.15, -0.1) is 6.58 Å². The molecule has 1 rings (SSSR count). The van der Waals surface area contributed by atoms with Crippen LogP contribution in [0.15, 0.2) is 98.4 Å². The molecule has 0 spiro atoms. The molecule has 0 amide bonds. The van der Waals surface area contributed by atoms with Gasteiger partial charge in [-0.1, -0.05) is 76.9 Å². The number of allylic oxidation sites excluding steroid dienone is 5. The first-order valence-corrected chi connectivity index (χ1v) is 11.2. The third-order valence-electron chi connectivity index (χ3n) is 6.85. The zero-order chi connectivity index (χ0) is 24.5. The van der Waals surface area contributed by atoms with Gasteiger partial charge in [0.1, 0.15) is 0 Å². The molecule has 0 aliphatic heterocycles. The summed E-state index contributed by atoms with van der Waals surface area (Å²) in [6, 6.07) is 8.49. The summed E-state index contributed by atoms with van der Waals surface area (Å²) >= 11 is 0. The first kappa shape index (κ1) is 27.1. The molecule has 1 aromatic rings. The molecular formula is C29H43N3. The summed E-state index contributed by atoms with van der Waals surface area (Å²) in [5.41, 5.74) is 3.94. The van der Waals surface area contributed by atoms with Crippen LogP contribution in [0, 0.1) is 5.41 Å². The van der Waals surface area contributed by atoms with E-state index in [4.69, 9.17) is 0 Å². The molecule has 0 bridgehead atoms. The van der Waals surface area contributed by atoms with Gasteiger partial charge in [-0.05, 0) is 50.3 Å². The number of nitrogens with zero attached hydrogens (tertiary/aromatic N) is 2. The van der Waals surface area contributed by atoms with E-state index in [0.717, 1.165) is 23.5 Å². The second kappa shape index (κ2) is 11.6. The van der Waals surface area contributed by atoms with Crippen molar-refractivity contribution in [2.24, 2.45) is 5.41 Å². The Morgan fingerprint density at radius 1 is 1.03 bits per heavy atom. The van der Waals surface area contributed by atoms with E-state index in [1.54, 1.807) is 6.08 Å². The average molecular weight is 434 g/mol. The lowest BCUT2D eigenvalue weighted by molar-refractivity contribution is 0.0775. The van der Waals surface area contributed by atoms with Crippen LogP contribution in [0.2, 0.25) is 0 Å². The van der Waals surface area contributed by atoms with E-state index in [2.05, 4.69) is 114 Å². The minimum Gasteiger partial charge on any atom is -0.372 e. The van der Waals surface area contributed by atoms with Crippen molar-refractivity contribution in [2.75, 3.05) is 24.3 Å². The number of likely N-dealkylation sites (N-methyl/N-ethyl adjacent to an activating group) is 2. The SMILES string of the molecule is C=C/C=C(\C)Nc1ccccc1N(C)C(/C(=C/C=C)CC)C(C)(C)C(C)(C=C)N(C)C=C. The van der Waals surface area contributed by atoms with Crippen LogP contribution in [-0.2, 0) is 0 Å². The van der Waals surface area contributed by atoms with Gasteiger partial charge in [0.25, 0.3) is 0 Å². The number of anilines is 2. The first-order chi connectivity index (χ1) is 15.0. The van der Waals surface area contributed by atoms with E-state index in [1.807, 2.05) is 31.4 Å². The molecule has 2 unspecified atom stereocenters. The molecule has 0 aliphatic carbocycles. The van der Waals surface area contributed by atoms with Gasteiger partial charge in [-0.3, -0.25) is 0 Å². The normalized spacial score (nSPS) is 15.2. The molecule has 0 heterocycles. The van der Waals surface area contributed by atoms with Crippen molar-refractivity contribution in [2.45, 2.75) is 52.6 Å². The smallest absolute Gasteiger partial charge is 0.0619 e. The highest BCUT2D eigenvalue weighted by Crippen LogP contribution is 2.46. The van der Waals surface area contributed by atoms with Crippen LogP contribution in [0.3, 0.4) is 0 Å². The average Bonchev–Trinajstić information content (AvgIpc) is 2.77. The highest BCUT2D eigenvalue weighted by Gasteiger charge is 2.49. The fourth-order valence-corrected chi connectivity index (χ4v) is 4.53. The second-order valence-electron chi connectivity index (χ2n) is 8.94. The predicted molar refractivity (Wildman–Crippen MR) is 145 cm³/mol. The molecule has 3 nitrogen and oxygen atoms in total. The molecule has 2 atom stereocenters. The van der Waals surface area contributed by atoms with Crippen molar-refractivity contribution in [3.63, 3.8) is 0 Å². The summed E-state index contributed by atoms with van der Waals surface area (Å²) in [6.45, 7) is 27.1. The molecule has 174 valence electrons. The Morgan fingerprint density at radius 2 is 1.62 bits per heavy atom. The van der Waals surface area contributed by atoms with Gasteiger partial charge in [-0.25, -0.2) is 0 Å². The highest BCUT2D eigenvalue weighted by molar-refractivity contribution is 5.72. The molecule has 0 saturated carbocycles. The monoisotopic (exact) mass is 433 g/mol. The first-order valence-electron chi connectivity index (χ1n) is 11.2. The van der Waals surface area contributed by atoms with E-state index < -0.39 is 0 Å². The summed E-state index contributed by atoms with van der Waals surface area (Å²) in [7, 11) is 4.23. The fourth-order valence-electron chi connectivity index (χ4n) is 4.53. The van der Waals surface area contributed by atoms with Crippen LogP contribution in [0.5, 0.6) is 0 Å². The maximum atomic E-state index is 4.21. The maximum absolute atomic E-state index is 4.21. The molecule has 0 fully saturated rings. The van der Waals surface area contributed by atoms with Gasteiger partial charge < -0.3 is 15.1 Å². The number of hydrogen-bond acceptors (Lipinski definition) is 3. The third kappa shape index (κ3) is 5.45. The van der Waals surface area contributed by atoms with E-state index in [1.165, 1.54) is 5.57 Å². The van der Waals surface area contributed by atoms with Crippen molar-refractivity contribution in [3.05, 3.63) is 98.4 Å². The predicted octanol–water partition coefficient (Wildman–Crippen LogP) is 7.56. The number of hydrogen-bond donors (Lipinski definition) is 1. The van der Waals surface area contributed by atoms with E-state index >= 15 is 0 Å². The van der Waals surface area contributed by atoms with Gasteiger partial charge in [0.15, 0.2) is 0 Å². The summed E-state index contributed by atoms with van der Waals surface area (Å²) in [6.07, 6.45) is 12.6. The van der Waals surface area contributed by atoms with E-state index in [9.17, 15) is 0 Å². The lowest BCUT2D eigenvalue weighted by atomic mass is 9.64. The summed E-state index contributed by atoms with van der Waals surface area (Å²) in [5, 5.41) is 3.54. The van der Waals surface area contributed by atoms with Crippen LogP contribution in [-0.4, -0.2) is 30.6 Å². The van der Waals surface area contributed by atoms with Crippen molar-refractivity contribution in [1.82, 2.24) is 4.90 Å². The summed E-state index contributed by atoms with van der Waals surface area (Å²) in [4.78, 5) is 4.53. The van der Waals surface area contributed by atoms with Crippen molar-refractivity contribution >= 4 is 11.4 Å². The topological polar surface area (TPSA) is 18.5 Å². The molecule has 0 aromatic heterocycles. The van der Waals surface area contributed by atoms with Gasteiger partial charge >= 0.3 is 0 Å². The van der Waals surface area contributed by atoms with E-state index in [0.29, 0.717) is 0 Å². The molecule has 0 radical (unpaired) electrons.